The number of thiophene rings is 1. The summed E-state index contributed by atoms with van der Waals surface area (Å²) >= 11 is 4.64. The van der Waals surface area contributed by atoms with Crippen LogP contribution in [0.15, 0.2) is 14.7 Å². The molecule has 0 radical (unpaired) electrons. The van der Waals surface area contributed by atoms with E-state index in [0.29, 0.717) is 24.3 Å². The highest BCUT2D eigenvalue weighted by atomic mass is 79.9. The summed E-state index contributed by atoms with van der Waals surface area (Å²) in [7, 11) is -3.43. The Balaban J connectivity index is 2.72. The molecule has 88 valence electrons. The molecular weight excluding hydrogens is 312 g/mol. The average Bonchev–Trinajstić information content (AvgIpc) is 2.53. The van der Waals surface area contributed by atoms with Crippen molar-refractivity contribution in [2.75, 3.05) is 6.54 Å². The third kappa shape index (κ3) is 3.56. The van der Waals surface area contributed by atoms with Gasteiger partial charge in [0.25, 0.3) is 0 Å². The molecule has 0 amide bonds. The fourth-order valence-electron chi connectivity index (χ4n) is 1.15. The van der Waals surface area contributed by atoms with Crippen LogP contribution < -0.4 is 4.72 Å². The Morgan fingerprint density at radius 2 is 2.31 bits per heavy atom. The fraction of sp³-hybridized carbons (Fsp3) is 0.444. The van der Waals surface area contributed by atoms with E-state index in [-0.39, 0.29) is 0 Å². The first-order valence-electron chi connectivity index (χ1n) is 4.60. The van der Waals surface area contributed by atoms with Crippen molar-refractivity contribution in [3.63, 3.8) is 0 Å². The highest BCUT2D eigenvalue weighted by Gasteiger charge is 2.18. The average molecular weight is 323 g/mol. The molecule has 16 heavy (non-hydrogen) atoms. The molecule has 1 aromatic rings. The molecule has 0 bridgehead atoms. The van der Waals surface area contributed by atoms with Gasteiger partial charge in [-0.3, -0.25) is 0 Å². The van der Waals surface area contributed by atoms with Crippen molar-refractivity contribution in [3.05, 3.63) is 14.7 Å². The first-order chi connectivity index (χ1) is 7.47. The molecule has 0 aliphatic carbocycles. The van der Waals surface area contributed by atoms with Crippen molar-refractivity contribution < 1.29 is 8.42 Å². The van der Waals surface area contributed by atoms with E-state index in [0.717, 1.165) is 8.66 Å². The van der Waals surface area contributed by atoms with Crippen molar-refractivity contribution >= 4 is 37.3 Å². The van der Waals surface area contributed by atoms with E-state index in [2.05, 4.69) is 20.7 Å². The number of nitriles is 1. The monoisotopic (exact) mass is 322 g/mol. The van der Waals surface area contributed by atoms with E-state index in [4.69, 9.17) is 5.26 Å². The molecule has 0 atom stereocenters. The number of rotatable bonds is 5. The van der Waals surface area contributed by atoms with Crippen molar-refractivity contribution in [2.24, 2.45) is 0 Å². The standard InChI is InChI=1S/C9H11BrN2O2S2/c1-7-8(6-9(10)15-7)16(13,14)12-5-3-2-4-11/h6,12H,2-3,5H2,1H3. The van der Waals surface area contributed by atoms with Gasteiger partial charge < -0.3 is 0 Å². The Morgan fingerprint density at radius 1 is 1.62 bits per heavy atom. The number of nitrogens with zero attached hydrogens (tertiary/aromatic N) is 1. The van der Waals surface area contributed by atoms with Gasteiger partial charge in [0.1, 0.15) is 0 Å². The normalized spacial score (nSPS) is 11.3. The number of aryl methyl sites for hydroxylation is 1. The molecule has 0 aliphatic heterocycles. The minimum Gasteiger partial charge on any atom is -0.211 e. The zero-order valence-electron chi connectivity index (χ0n) is 8.66. The number of unbranched alkanes of at least 4 members (excludes halogenated alkanes) is 1. The molecule has 4 nitrogen and oxygen atoms in total. The summed E-state index contributed by atoms with van der Waals surface area (Å²) in [5.41, 5.74) is 0. The molecule has 1 N–H and O–H groups in total. The predicted molar refractivity (Wildman–Crippen MR) is 66.8 cm³/mol. The molecule has 7 heteroatoms. The molecule has 0 spiro atoms. The second-order valence-electron chi connectivity index (χ2n) is 3.13. The van der Waals surface area contributed by atoms with Crippen molar-refractivity contribution in [1.29, 1.82) is 5.26 Å². The summed E-state index contributed by atoms with van der Waals surface area (Å²) in [4.78, 5) is 1.06. The van der Waals surface area contributed by atoms with E-state index in [1.54, 1.807) is 13.0 Å². The molecule has 0 unspecified atom stereocenters. The molecular formula is C9H11BrN2O2S2. The second kappa shape index (κ2) is 5.77. The molecule has 1 rings (SSSR count). The highest BCUT2D eigenvalue weighted by molar-refractivity contribution is 9.11. The van der Waals surface area contributed by atoms with Gasteiger partial charge in [0.15, 0.2) is 0 Å². The lowest BCUT2D eigenvalue weighted by Crippen LogP contribution is -2.24. The molecule has 0 aromatic carbocycles. The smallest absolute Gasteiger partial charge is 0.211 e. The highest BCUT2D eigenvalue weighted by Crippen LogP contribution is 2.29. The Bertz CT molecular complexity index is 502. The summed E-state index contributed by atoms with van der Waals surface area (Å²) in [6.07, 6.45) is 0.884. The SMILES string of the molecule is Cc1sc(Br)cc1S(=O)(=O)NCCCC#N. The first kappa shape index (κ1) is 13.6. The van der Waals surface area contributed by atoms with E-state index in [1.807, 2.05) is 6.07 Å². The van der Waals surface area contributed by atoms with Gasteiger partial charge in [-0.2, -0.15) is 5.26 Å². The van der Waals surface area contributed by atoms with Gasteiger partial charge in [-0.25, -0.2) is 13.1 Å². The van der Waals surface area contributed by atoms with E-state index < -0.39 is 10.0 Å². The molecule has 1 heterocycles. The Labute approximate surface area is 107 Å². The Morgan fingerprint density at radius 3 is 2.81 bits per heavy atom. The van der Waals surface area contributed by atoms with Crippen molar-refractivity contribution in [1.82, 2.24) is 4.72 Å². The van der Waals surface area contributed by atoms with Crippen LogP contribution in [0.5, 0.6) is 0 Å². The van der Waals surface area contributed by atoms with Gasteiger partial charge in [0.2, 0.25) is 10.0 Å². The van der Waals surface area contributed by atoms with Crippen molar-refractivity contribution in [3.8, 4) is 6.07 Å². The zero-order chi connectivity index (χ0) is 12.2. The summed E-state index contributed by atoms with van der Waals surface area (Å²) in [6, 6.07) is 3.56. The van der Waals surface area contributed by atoms with Gasteiger partial charge in [-0.15, -0.1) is 11.3 Å². The molecule has 0 fully saturated rings. The van der Waals surface area contributed by atoms with E-state index in [9.17, 15) is 8.42 Å². The van der Waals surface area contributed by atoms with Crippen LogP contribution in [0.3, 0.4) is 0 Å². The van der Waals surface area contributed by atoms with Gasteiger partial charge in [-0.1, -0.05) is 0 Å². The lowest BCUT2D eigenvalue weighted by Gasteiger charge is -2.04. The zero-order valence-corrected chi connectivity index (χ0v) is 11.9. The maximum absolute atomic E-state index is 11.8. The van der Waals surface area contributed by atoms with Crippen LogP contribution in [0.2, 0.25) is 0 Å². The van der Waals surface area contributed by atoms with Crippen LogP contribution in [0, 0.1) is 18.3 Å². The number of hydrogen-bond acceptors (Lipinski definition) is 4. The third-order valence-corrected chi connectivity index (χ3v) is 5.16. The van der Waals surface area contributed by atoms with Crippen molar-refractivity contribution in [2.45, 2.75) is 24.7 Å². The maximum Gasteiger partial charge on any atom is 0.241 e. The summed E-state index contributed by atoms with van der Waals surface area (Å²) in [5.74, 6) is 0. The van der Waals surface area contributed by atoms with Crippen LogP contribution in [-0.4, -0.2) is 15.0 Å². The number of halogens is 1. The van der Waals surface area contributed by atoms with Crippen LogP contribution in [0.1, 0.15) is 17.7 Å². The topological polar surface area (TPSA) is 70.0 Å². The van der Waals surface area contributed by atoms with Crippen LogP contribution >= 0.6 is 27.3 Å². The minimum absolute atomic E-state index is 0.294. The lowest BCUT2D eigenvalue weighted by molar-refractivity contribution is 0.579. The largest absolute Gasteiger partial charge is 0.241 e. The van der Waals surface area contributed by atoms with Crippen LogP contribution in [0.4, 0.5) is 0 Å². The van der Waals surface area contributed by atoms with Crippen LogP contribution in [-0.2, 0) is 10.0 Å². The van der Waals surface area contributed by atoms with Gasteiger partial charge in [0.05, 0.1) is 14.8 Å². The molecule has 0 aliphatic rings. The summed E-state index contributed by atoms with van der Waals surface area (Å²) < 4.78 is 26.9. The third-order valence-electron chi connectivity index (χ3n) is 1.89. The van der Waals surface area contributed by atoms with Gasteiger partial charge in [0, 0.05) is 17.8 Å². The number of nitrogens with one attached hydrogen (secondary N) is 1. The molecule has 1 aromatic heterocycles. The van der Waals surface area contributed by atoms with Gasteiger partial charge >= 0.3 is 0 Å². The van der Waals surface area contributed by atoms with E-state index >= 15 is 0 Å². The maximum atomic E-state index is 11.8. The fourth-order valence-corrected chi connectivity index (χ4v) is 4.64. The molecule has 0 saturated heterocycles. The first-order valence-corrected chi connectivity index (χ1v) is 7.69. The summed E-state index contributed by atoms with van der Waals surface area (Å²) in [5, 5.41) is 8.33. The van der Waals surface area contributed by atoms with E-state index in [1.165, 1.54) is 11.3 Å². The quantitative estimate of drug-likeness (QED) is 0.846. The minimum atomic E-state index is -3.43. The van der Waals surface area contributed by atoms with Gasteiger partial charge in [-0.05, 0) is 35.3 Å². The Kier molecular flexibility index (Phi) is 4.92. The summed E-state index contributed by atoms with van der Waals surface area (Å²) in [6.45, 7) is 2.06. The number of hydrogen-bond donors (Lipinski definition) is 1. The predicted octanol–water partition coefficient (Wildman–Crippen LogP) is 2.40. The second-order valence-corrected chi connectivity index (χ2v) is 7.50. The molecule has 0 saturated carbocycles. The number of sulfonamides is 1. The lowest BCUT2D eigenvalue weighted by atomic mass is 10.3. The van der Waals surface area contributed by atoms with Crippen LogP contribution in [0.25, 0.3) is 0 Å². The Hall–Kier alpha value is -0.420.